The molecule has 1 fully saturated rings. The van der Waals surface area contributed by atoms with Gasteiger partial charge in [-0.25, -0.2) is 12.8 Å². The average Bonchev–Trinajstić information content (AvgIpc) is 3.11. The number of nitrogens with zero attached hydrogens (tertiary/aromatic N) is 1. The van der Waals surface area contributed by atoms with E-state index in [2.05, 4.69) is 0 Å². The van der Waals surface area contributed by atoms with Gasteiger partial charge in [0.2, 0.25) is 10.0 Å². The molecule has 5 heteroatoms. The molecular weight excluding hydrogens is 253 g/mol. The van der Waals surface area contributed by atoms with Crippen LogP contribution in [0.15, 0.2) is 24.3 Å². The summed E-state index contributed by atoms with van der Waals surface area (Å²) in [5, 5.41) is 0. The molecule has 0 spiro atoms. The number of hydrogen-bond acceptors (Lipinski definition) is 2. The summed E-state index contributed by atoms with van der Waals surface area (Å²) >= 11 is 0. The Morgan fingerprint density at radius 2 is 2.00 bits per heavy atom. The molecule has 0 atom stereocenters. The predicted octanol–water partition coefficient (Wildman–Crippen LogP) is 2.53. The first-order valence-corrected chi connectivity index (χ1v) is 7.88. The van der Waals surface area contributed by atoms with Crippen molar-refractivity contribution in [3.8, 4) is 0 Å². The maximum atomic E-state index is 13.6. The molecule has 1 aliphatic rings. The quantitative estimate of drug-likeness (QED) is 0.797. The highest BCUT2D eigenvalue weighted by Gasteiger charge is 2.36. The first kappa shape index (κ1) is 13.5. The largest absolute Gasteiger partial charge is 0.214 e. The second-order valence-electron chi connectivity index (χ2n) is 4.68. The molecule has 0 heterocycles. The molecule has 0 radical (unpaired) electrons. The van der Waals surface area contributed by atoms with E-state index in [9.17, 15) is 12.8 Å². The summed E-state index contributed by atoms with van der Waals surface area (Å²) in [6.45, 7) is 1.99. The first-order chi connectivity index (χ1) is 8.54. The molecule has 0 saturated heterocycles. The number of halogens is 1. The Hall–Kier alpha value is -0.940. The summed E-state index contributed by atoms with van der Waals surface area (Å²) in [5.41, 5.74) is 0.448. The Morgan fingerprint density at radius 1 is 1.33 bits per heavy atom. The van der Waals surface area contributed by atoms with E-state index in [0.717, 1.165) is 12.8 Å². The van der Waals surface area contributed by atoms with E-state index in [1.807, 2.05) is 6.92 Å². The molecule has 0 aliphatic heterocycles. The van der Waals surface area contributed by atoms with Gasteiger partial charge in [0.15, 0.2) is 0 Å². The van der Waals surface area contributed by atoms with Crippen molar-refractivity contribution in [2.24, 2.45) is 0 Å². The zero-order valence-electron chi connectivity index (χ0n) is 10.5. The van der Waals surface area contributed by atoms with Crippen LogP contribution < -0.4 is 0 Å². The molecule has 0 bridgehead atoms. The molecular formula is C13H18FNO2S. The van der Waals surface area contributed by atoms with Crippen LogP contribution in [0.5, 0.6) is 0 Å². The SMILES string of the molecule is CCCS(=O)(=O)N(Cc1ccccc1F)C1CC1. The van der Waals surface area contributed by atoms with Gasteiger partial charge >= 0.3 is 0 Å². The minimum absolute atomic E-state index is 0.0705. The highest BCUT2D eigenvalue weighted by molar-refractivity contribution is 7.89. The van der Waals surface area contributed by atoms with Crippen LogP contribution in [0.2, 0.25) is 0 Å². The van der Waals surface area contributed by atoms with E-state index < -0.39 is 10.0 Å². The van der Waals surface area contributed by atoms with Crippen LogP contribution in [0.3, 0.4) is 0 Å². The van der Waals surface area contributed by atoms with Crippen molar-refractivity contribution in [1.82, 2.24) is 4.31 Å². The number of rotatable bonds is 6. The summed E-state index contributed by atoms with van der Waals surface area (Å²) < 4.78 is 39.3. The molecule has 0 aromatic heterocycles. The van der Waals surface area contributed by atoms with Gasteiger partial charge in [0.25, 0.3) is 0 Å². The lowest BCUT2D eigenvalue weighted by atomic mass is 10.2. The molecule has 3 nitrogen and oxygen atoms in total. The predicted molar refractivity (Wildman–Crippen MR) is 69.0 cm³/mol. The van der Waals surface area contributed by atoms with E-state index in [4.69, 9.17) is 0 Å². The van der Waals surface area contributed by atoms with E-state index in [0.29, 0.717) is 12.0 Å². The van der Waals surface area contributed by atoms with Crippen LogP contribution in [0, 0.1) is 5.82 Å². The smallest absolute Gasteiger partial charge is 0.212 e. The second kappa shape index (κ2) is 5.36. The molecule has 0 N–H and O–H groups in total. The molecule has 1 aromatic rings. The summed E-state index contributed by atoms with van der Waals surface area (Å²) in [4.78, 5) is 0. The molecule has 1 aromatic carbocycles. The fraction of sp³-hybridized carbons (Fsp3) is 0.538. The summed E-state index contributed by atoms with van der Waals surface area (Å²) in [7, 11) is -3.26. The fourth-order valence-corrected chi connectivity index (χ4v) is 3.74. The van der Waals surface area contributed by atoms with Gasteiger partial charge in [-0.15, -0.1) is 0 Å². The first-order valence-electron chi connectivity index (χ1n) is 6.27. The third-order valence-corrected chi connectivity index (χ3v) is 5.12. The van der Waals surface area contributed by atoms with E-state index in [1.54, 1.807) is 18.2 Å². The lowest BCUT2D eigenvalue weighted by molar-refractivity contribution is 0.391. The molecule has 1 saturated carbocycles. The minimum Gasteiger partial charge on any atom is -0.212 e. The normalized spacial score (nSPS) is 16.2. The monoisotopic (exact) mass is 271 g/mol. The van der Waals surface area contributed by atoms with Crippen LogP contribution in [0.1, 0.15) is 31.7 Å². The molecule has 100 valence electrons. The Kier molecular flexibility index (Phi) is 4.02. The van der Waals surface area contributed by atoms with Crippen LogP contribution >= 0.6 is 0 Å². The van der Waals surface area contributed by atoms with Crippen molar-refractivity contribution in [1.29, 1.82) is 0 Å². The van der Waals surface area contributed by atoms with Gasteiger partial charge in [0, 0.05) is 18.2 Å². The lowest BCUT2D eigenvalue weighted by Gasteiger charge is -2.21. The van der Waals surface area contributed by atoms with Gasteiger partial charge in [-0.1, -0.05) is 25.1 Å². The standard InChI is InChI=1S/C13H18FNO2S/c1-2-9-18(16,17)15(12-7-8-12)10-11-5-3-4-6-13(11)14/h3-6,12H,2,7-10H2,1H3. The zero-order chi connectivity index (χ0) is 13.2. The maximum Gasteiger partial charge on any atom is 0.214 e. The van der Waals surface area contributed by atoms with E-state index >= 15 is 0 Å². The van der Waals surface area contributed by atoms with E-state index in [-0.39, 0.29) is 24.2 Å². The molecule has 18 heavy (non-hydrogen) atoms. The average molecular weight is 271 g/mol. The third-order valence-electron chi connectivity index (χ3n) is 3.06. The summed E-state index contributed by atoms with van der Waals surface area (Å²) in [6, 6.07) is 6.43. The molecule has 1 aliphatic carbocycles. The van der Waals surface area contributed by atoms with Gasteiger partial charge in [-0.3, -0.25) is 0 Å². The molecule has 0 amide bonds. The lowest BCUT2D eigenvalue weighted by Crippen LogP contribution is -2.34. The highest BCUT2D eigenvalue weighted by Crippen LogP contribution is 2.31. The Balaban J connectivity index is 2.20. The van der Waals surface area contributed by atoms with Crippen molar-refractivity contribution in [3.63, 3.8) is 0 Å². The van der Waals surface area contributed by atoms with Gasteiger partial charge in [-0.2, -0.15) is 4.31 Å². The zero-order valence-corrected chi connectivity index (χ0v) is 11.3. The highest BCUT2D eigenvalue weighted by atomic mass is 32.2. The second-order valence-corrected chi connectivity index (χ2v) is 6.72. The summed E-state index contributed by atoms with van der Waals surface area (Å²) in [5.74, 6) is -0.201. The number of sulfonamides is 1. The van der Waals surface area contributed by atoms with Crippen LogP contribution in [-0.4, -0.2) is 24.5 Å². The van der Waals surface area contributed by atoms with Crippen molar-refractivity contribution in [2.45, 2.75) is 38.8 Å². The summed E-state index contributed by atoms with van der Waals surface area (Å²) in [6.07, 6.45) is 2.36. The number of benzene rings is 1. The topological polar surface area (TPSA) is 37.4 Å². The molecule has 0 unspecified atom stereocenters. The van der Waals surface area contributed by atoms with Crippen molar-refractivity contribution in [3.05, 3.63) is 35.6 Å². The maximum absolute atomic E-state index is 13.6. The Morgan fingerprint density at radius 3 is 2.56 bits per heavy atom. The third kappa shape index (κ3) is 3.09. The van der Waals surface area contributed by atoms with E-state index in [1.165, 1.54) is 10.4 Å². The fourth-order valence-electron chi connectivity index (χ4n) is 1.99. The van der Waals surface area contributed by atoms with Gasteiger partial charge < -0.3 is 0 Å². The van der Waals surface area contributed by atoms with Crippen LogP contribution in [-0.2, 0) is 16.6 Å². The van der Waals surface area contributed by atoms with Crippen molar-refractivity contribution < 1.29 is 12.8 Å². The van der Waals surface area contributed by atoms with Crippen molar-refractivity contribution in [2.75, 3.05) is 5.75 Å². The van der Waals surface area contributed by atoms with Crippen LogP contribution in [0.4, 0.5) is 4.39 Å². The minimum atomic E-state index is -3.26. The van der Waals surface area contributed by atoms with Gasteiger partial charge in [-0.05, 0) is 25.3 Å². The van der Waals surface area contributed by atoms with Crippen LogP contribution in [0.25, 0.3) is 0 Å². The Labute approximate surface area is 108 Å². The van der Waals surface area contributed by atoms with Crippen molar-refractivity contribution >= 4 is 10.0 Å². The number of hydrogen-bond donors (Lipinski definition) is 0. The van der Waals surface area contributed by atoms with Gasteiger partial charge in [0.1, 0.15) is 5.82 Å². The Bertz CT molecular complexity index is 511. The van der Waals surface area contributed by atoms with Gasteiger partial charge in [0.05, 0.1) is 5.75 Å². The molecule has 2 rings (SSSR count).